The average Bonchev–Trinajstić information content (AvgIpc) is 2.87. The van der Waals surface area contributed by atoms with E-state index in [4.69, 9.17) is 4.74 Å². The van der Waals surface area contributed by atoms with Crippen LogP contribution in [0.3, 0.4) is 0 Å². The van der Waals surface area contributed by atoms with Crippen LogP contribution < -0.4 is 11.2 Å². The number of alkyl halides is 3. The maximum Gasteiger partial charge on any atom is 0.417 e. The second-order valence-corrected chi connectivity index (χ2v) is 7.91. The zero-order valence-electron chi connectivity index (χ0n) is 15.8. The third-order valence-corrected chi connectivity index (χ3v) is 6.20. The molecule has 1 aromatic carbocycles. The summed E-state index contributed by atoms with van der Waals surface area (Å²) in [4.78, 5) is 30.9. The van der Waals surface area contributed by atoms with Crippen molar-refractivity contribution in [3.05, 3.63) is 56.1 Å². The van der Waals surface area contributed by atoms with Crippen molar-refractivity contribution in [3.63, 3.8) is 0 Å². The van der Waals surface area contributed by atoms with Crippen molar-refractivity contribution < 1.29 is 22.3 Å². The van der Waals surface area contributed by atoms with E-state index >= 15 is 0 Å². The quantitative estimate of drug-likeness (QED) is 0.618. The molecule has 0 aliphatic carbocycles. The predicted molar refractivity (Wildman–Crippen MR) is 103 cm³/mol. The largest absolute Gasteiger partial charge is 0.417 e. The van der Waals surface area contributed by atoms with Gasteiger partial charge in [0.1, 0.15) is 5.82 Å². The molecule has 0 amide bonds. The molecule has 0 saturated carbocycles. The van der Waals surface area contributed by atoms with E-state index in [-0.39, 0.29) is 44.9 Å². The fraction of sp³-hybridized carbons (Fsp3) is 0.316. The van der Waals surface area contributed by atoms with Crippen LogP contribution in [0.2, 0.25) is 0 Å². The molecule has 0 radical (unpaired) electrons. The smallest absolute Gasteiger partial charge is 0.379 e. The monoisotopic (exact) mass is 441 g/mol. The summed E-state index contributed by atoms with van der Waals surface area (Å²) in [7, 11) is 1.43. The van der Waals surface area contributed by atoms with Crippen LogP contribution in [-0.4, -0.2) is 33.5 Å². The van der Waals surface area contributed by atoms with E-state index < -0.39 is 34.9 Å². The number of hydrogen-bond donors (Lipinski definition) is 1. The van der Waals surface area contributed by atoms with Crippen molar-refractivity contribution in [1.82, 2.24) is 14.5 Å². The zero-order valence-corrected chi connectivity index (χ0v) is 16.6. The number of thioether (sulfide) groups is 1. The van der Waals surface area contributed by atoms with Crippen LogP contribution >= 0.6 is 11.8 Å². The molecule has 4 rings (SSSR count). The van der Waals surface area contributed by atoms with Gasteiger partial charge in [-0.25, -0.2) is 9.18 Å². The van der Waals surface area contributed by atoms with Crippen LogP contribution in [0.5, 0.6) is 0 Å². The Morgan fingerprint density at radius 1 is 1.30 bits per heavy atom. The lowest BCUT2D eigenvalue weighted by Crippen LogP contribution is -2.34. The number of nitrogens with zero attached hydrogens (tertiary/aromatic N) is 2. The molecule has 3 heterocycles. The van der Waals surface area contributed by atoms with Crippen LogP contribution in [0.15, 0.2) is 32.8 Å². The van der Waals surface area contributed by atoms with Crippen LogP contribution in [0.4, 0.5) is 17.6 Å². The van der Waals surface area contributed by atoms with Crippen molar-refractivity contribution in [2.45, 2.75) is 30.6 Å². The Labute approximate surface area is 170 Å². The Morgan fingerprint density at radius 3 is 2.67 bits per heavy atom. The molecule has 1 N–H and O–H groups in total. The van der Waals surface area contributed by atoms with Gasteiger partial charge in [-0.05, 0) is 24.6 Å². The molecule has 0 spiro atoms. The van der Waals surface area contributed by atoms with Gasteiger partial charge in [0.05, 0.1) is 41.0 Å². The van der Waals surface area contributed by atoms with Gasteiger partial charge in [-0.1, -0.05) is 0 Å². The van der Waals surface area contributed by atoms with Crippen molar-refractivity contribution in [3.8, 4) is 11.3 Å². The summed E-state index contributed by atoms with van der Waals surface area (Å²) >= 11 is 1.04. The third kappa shape index (κ3) is 3.31. The first-order chi connectivity index (χ1) is 14.1. The molecular formula is C19H15F4N3O3S. The number of aromatic amines is 1. The summed E-state index contributed by atoms with van der Waals surface area (Å²) in [6.07, 6.45) is -4.43. The Hall–Kier alpha value is -2.66. The molecule has 1 aliphatic heterocycles. The van der Waals surface area contributed by atoms with Gasteiger partial charge in [0, 0.05) is 23.3 Å². The van der Waals surface area contributed by atoms with E-state index in [1.54, 1.807) is 0 Å². The zero-order chi connectivity index (χ0) is 21.8. The Bertz CT molecular complexity index is 1280. The highest BCUT2D eigenvalue weighted by atomic mass is 32.2. The minimum absolute atomic E-state index is 0.0588. The number of halogens is 4. The highest BCUT2D eigenvalue weighted by Crippen LogP contribution is 2.46. The third-order valence-electron chi connectivity index (χ3n) is 4.98. The van der Waals surface area contributed by atoms with Crippen LogP contribution in [-0.2, 0) is 17.5 Å². The van der Waals surface area contributed by atoms with E-state index in [9.17, 15) is 27.2 Å². The topological polar surface area (TPSA) is 77.0 Å². The number of H-pyrrole nitrogens is 1. The fourth-order valence-corrected chi connectivity index (χ4v) is 4.78. The minimum Gasteiger partial charge on any atom is -0.379 e. The molecule has 1 atom stereocenters. The minimum atomic E-state index is -4.81. The second-order valence-electron chi connectivity index (χ2n) is 6.88. The van der Waals surface area contributed by atoms with Crippen LogP contribution in [0.1, 0.15) is 11.1 Å². The Balaban J connectivity index is 2.20. The van der Waals surface area contributed by atoms with Crippen LogP contribution in [0, 0.1) is 12.7 Å². The highest BCUT2D eigenvalue weighted by Gasteiger charge is 2.38. The Kier molecular flexibility index (Phi) is 4.97. The first kappa shape index (κ1) is 20.6. The van der Waals surface area contributed by atoms with E-state index in [0.717, 1.165) is 24.0 Å². The van der Waals surface area contributed by atoms with E-state index in [1.807, 2.05) is 0 Å². The fourth-order valence-electron chi connectivity index (χ4n) is 3.47. The number of nitrogens with one attached hydrogen (secondary N) is 1. The van der Waals surface area contributed by atoms with E-state index in [1.165, 1.54) is 24.7 Å². The van der Waals surface area contributed by atoms with Gasteiger partial charge in [-0.3, -0.25) is 19.3 Å². The van der Waals surface area contributed by atoms with Crippen molar-refractivity contribution >= 4 is 22.7 Å². The molecule has 11 heteroatoms. The van der Waals surface area contributed by atoms with Gasteiger partial charge in [0.25, 0.3) is 5.56 Å². The van der Waals surface area contributed by atoms with Crippen molar-refractivity contribution in [2.24, 2.45) is 0 Å². The maximum absolute atomic E-state index is 14.0. The molecule has 0 fully saturated rings. The first-order valence-electron chi connectivity index (χ1n) is 8.81. The number of hydrogen-bond acceptors (Lipinski definition) is 5. The molecule has 3 aromatic rings. The van der Waals surface area contributed by atoms with E-state index in [2.05, 4.69) is 9.97 Å². The normalized spacial score (nSPS) is 16.7. The number of methoxy groups -OCH3 is 1. The molecule has 0 unspecified atom stereocenters. The summed E-state index contributed by atoms with van der Waals surface area (Å²) in [5, 5.41) is -0.260. The predicted octanol–water partition coefficient (Wildman–Crippen LogP) is 3.34. The number of pyridine rings is 1. The van der Waals surface area contributed by atoms with Gasteiger partial charge in [0.2, 0.25) is 0 Å². The average molecular weight is 441 g/mol. The molecule has 0 bridgehead atoms. The van der Waals surface area contributed by atoms with Gasteiger partial charge in [0.15, 0.2) is 0 Å². The maximum atomic E-state index is 14.0. The number of benzene rings is 1. The van der Waals surface area contributed by atoms with Gasteiger partial charge < -0.3 is 4.74 Å². The lowest BCUT2D eigenvalue weighted by atomic mass is 9.99. The lowest BCUT2D eigenvalue weighted by molar-refractivity contribution is -0.137. The van der Waals surface area contributed by atoms with Crippen molar-refractivity contribution in [2.75, 3.05) is 12.9 Å². The number of rotatable bonds is 2. The van der Waals surface area contributed by atoms with Gasteiger partial charge >= 0.3 is 11.9 Å². The second kappa shape index (κ2) is 7.24. The summed E-state index contributed by atoms with van der Waals surface area (Å²) < 4.78 is 62.3. The Morgan fingerprint density at radius 2 is 2.03 bits per heavy atom. The highest BCUT2D eigenvalue weighted by molar-refractivity contribution is 7.99. The number of aryl methyl sites for hydroxylation is 1. The molecule has 6 nitrogen and oxygen atoms in total. The molecule has 158 valence electrons. The summed E-state index contributed by atoms with van der Waals surface area (Å²) in [6, 6.07) is 1.94. The molecular weight excluding hydrogens is 426 g/mol. The van der Waals surface area contributed by atoms with Gasteiger partial charge in [-0.15, -0.1) is 11.8 Å². The summed E-state index contributed by atoms with van der Waals surface area (Å²) in [5.41, 5.74) is -2.92. The molecule has 0 saturated heterocycles. The van der Waals surface area contributed by atoms with E-state index in [0.29, 0.717) is 0 Å². The number of aromatic nitrogens is 3. The molecule has 30 heavy (non-hydrogen) atoms. The first-order valence-corrected chi connectivity index (χ1v) is 9.79. The van der Waals surface area contributed by atoms with Gasteiger partial charge in [-0.2, -0.15) is 13.2 Å². The summed E-state index contributed by atoms with van der Waals surface area (Å²) in [6.45, 7) is 1.48. The SMILES string of the molecule is CO[C@@H]1CSc2c(-c3cc(C)c(F)cn3)c(C(F)(F)F)cc3c(=O)[nH]c(=O)n(c23)C1. The standard InChI is InChI=1S/C19H15F4N3O3S/c1-8-3-13(24-5-12(8)20)14-11(19(21,22)23)4-10-15-16(14)30-7-9(29-2)6-26(15)18(28)25-17(10)27/h3-5,9H,6-7H2,1-2H3,(H,25,27,28)/t9-/m0/s1. The molecule has 2 aromatic heterocycles. The summed E-state index contributed by atoms with van der Waals surface area (Å²) in [5.74, 6) is -0.408. The lowest BCUT2D eigenvalue weighted by Gasteiger charge is -2.19. The van der Waals surface area contributed by atoms with Crippen molar-refractivity contribution in [1.29, 1.82) is 0 Å². The molecule has 1 aliphatic rings. The number of ether oxygens (including phenoxy) is 1. The van der Waals surface area contributed by atoms with Crippen LogP contribution in [0.25, 0.3) is 22.2 Å².